The van der Waals surface area contributed by atoms with Crippen LogP contribution in [0, 0.1) is 0 Å². The molecule has 0 bridgehead atoms. The zero-order valence-corrected chi connectivity index (χ0v) is 15.0. The van der Waals surface area contributed by atoms with Gasteiger partial charge in [-0.2, -0.15) is 0 Å². The first-order chi connectivity index (χ1) is 11.3. The topological polar surface area (TPSA) is 123 Å². The Bertz CT molecular complexity index is 670. The second-order valence-corrected chi connectivity index (χ2v) is 8.05. The predicted molar refractivity (Wildman–Crippen MR) is 97.4 cm³/mol. The van der Waals surface area contributed by atoms with Crippen LogP contribution >= 0.6 is 0 Å². The molecule has 1 aromatic carbocycles. The average molecular weight is 353 g/mol. The van der Waals surface area contributed by atoms with Crippen molar-refractivity contribution in [2.75, 3.05) is 5.32 Å². The smallest absolute Gasteiger partial charge is 0.238 e. The SMILES string of the molecule is CC(C)NC(=N[C@H]1CCCC[C@@H]1N)Nc1ccc(S(N)(=O)=O)cc1. The van der Waals surface area contributed by atoms with E-state index in [4.69, 9.17) is 15.9 Å². The van der Waals surface area contributed by atoms with Crippen molar-refractivity contribution in [1.29, 1.82) is 0 Å². The van der Waals surface area contributed by atoms with Crippen LogP contribution in [0.25, 0.3) is 0 Å². The van der Waals surface area contributed by atoms with Crippen LogP contribution in [-0.4, -0.2) is 32.5 Å². The van der Waals surface area contributed by atoms with E-state index < -0.39 is 10.0 Å². The molecule has 1 fully saturated rings. The molecule has 0 radical (unpaired) electrons. The van der Waals surface area contributed by atoms with Crippen LogP contribution < -0.4 is 21.5 Å². The van der Waals surface area contributed by atoms with Crippen LogP contribution in [0.4, 0.5) is 5.69 Å². The molecule has 0 aromatic heterocycles. The van der Waals surface area contributed by atoms with E-state index in [1.54, 1.807) is 12.1 Å². The molecule has 1 aliphatic rings. The zero-order valence-electron chi connectivity index (χ0n) is 14.2. The first kappa shape index (κ1) is 18.7. The number of primary sulfonamides is 1. The highest BCUT2D eigenvalue weighted by molar-refractivity contribution is 7.89. The maximum Gasteiger partial charge on any atom is 0.238 e. The molecule has 0 amide bonds. The summed E-state index contributed by atoms with van der Waals surface area (Å²) in [4.78, 5) is 4.83. The Kier molecular flexibility index (Phi) is 6.20. The zero-order chi connectivity index (χ0) is 17.7. The fraction of sp³-hybridized carbons (Fsp3) is 0.562. The van der Waals surface area contributed by atoms with Crippen molar-refractivity contribution in [3.8, 4) is 0 Å². The lowest BCUT2D eigenvalue weighted by molar-refractivity contribution is 0.385. The van der Waals surface area contributed by atoms with Gasteiger partial charge in [-0.3, -0.25) is 0 Å². The molecule has 2 atom stereocenters. The van der Waals surface area contributed by atoms with Gasteiger partial charge in [-0.15, -0.1) is 0 Å². The number of nitrogens with zero attached hydrogens (tertiary/aromatic N) is 1. The van der Waals surface area contributed by atoms with E-state index in [9.17, 15) is 8.42 Å². The summed E-state index contributed by atoms with van der Waals surface area (Å²) in [5, 5.41) is 11.6. The van der Waals surface area contributed by atoms with E-state index in [0.717, 1.165) is 31.4 Å². The van der Waals surface area contributed by atoms with Gasteiger partial charge in [0.15, 0.2) is 5.96 Å². The van der Waals surface area contributed by atoms with Gasteiger partial charge < -0.3 is 16.4 Å². The Morgan fingerprint density at radius 2 is 1.83 bits per heavy atom. The summed E-state index contributed by atoms with van der Waals surface area (Å²) in [5.74, 6) is 0.649. The molecule has 7 nitrogen and oxygen atoms in total. The van der Waals surface area contributed by atoms with Gasteiger partial charge in [0.25, 0.3) is 0 Å². The van der Waals surface area contributed by atoms with Crippen molar-refractivity contribution in [2.24, 2.45) is 15.9 Å². The molecule has 0 saturated heterocycles. The fourth-order valence-electron chi connectivity index (χ4n) is 2.71. The molecule has 2 rings (SSSR count). The number of benzene rings is 1. The lowest BCUT2D eigenvalue weighted by Gasteiger charge is -2.27. The van der Waals surface area contributed by atoms with Gasteiger partial charge in [0, 0.05) is 17.8 Å². The lowest BCUT2D eigenvalue weighted by atomic mass is 9.91. The number of anilines is 1. The molecule has 0 unspecified atom stereocenters. The maximum absolute atomic E-state index is 11.3. The lowest BCUT2D eigenvalue weighted by Crippen LogP contribution is -2.41. The van der Waals surface area contributed by atoms with E-state index in [2.05, 4.69) is 10.6 Å². The standard InChI is InChI=1S/C16H27N5O2S/c1-11(2)19-16(21-15-6-4-3-5-14(15)17)20-12-7-9-13(10-8-12)24(18,22)23/h7-11,14-15H,3-6,17H2,1-2H3,(H2,18,22,23)(H2,19,20,21)/t14-,15-/m0/s1. The van der Waals surface area contributed by atoms with E-state index in [-0.39, 0.29) is 23.0 Å². The van der Waals surface area contributed by atoms with E-state index in [0.29, 0.717) is 5.96 Å². The van der Waals surface area contributed by atoms with E-state index in [1.807, 2.05) is 13.8 Å². The highest BCUT2D eigenvalue weighted by Gasteiger charge is 2.22. The van der Waals surface area contributed by atoms with Crippen molar-refractivity contribution in [2.45, 2.75) is 62.6 Å². The summed E-state index contributed by atoms with van der Waals surface area (Å²) < 4.78 is 22.6. The van der Waals surface area contributed by atoms with Crippen LogP contribution in [0.1, 0.15) is 39.5 Å². The number of sulfonamides is 1. The molecule has 1 aliphatic carbocycles. The Hall–Kier alpha value is -1.64. The van der Waals surface area contributed by atoms with Gasteiger partial charge in [-0.1, -0.05) is 12.8 Å². The monoisotopic (exact) mass is 353 g/mol. The molecule has 0 aliphatic heterocycles. The number of aliphatic imine (C=N–C) groups is 1. The highest BCUT2D eigenvalue weighted by atomic mass is 32.2. The summed E-state index contributed by atoms with van der Waals surface area (Å²) >= 11 is 0. The van der Waals surface area contributed by atoms with Gasteiger partial charge in [-0.25, -0.2) is 18.5 Å². The molecular formula is C16H27N5O2S. The van der Waals surface area contributed by atoms with Gasteiger partial charge in [0.2, 0.25) is 10.0 Å². The molecule has 0 heterocycles. The van der Waals surface area contributed by atoms with Crippen LogP contribution in [0.2, 0.25) is 0 Å². The number of guanidine groups is 1. The molecule has 134 valence electrons. The van der Waals surface area contributed by atoms with Crippen LogP contribution in [-0.2, 0) is 10.0 Å². The number of hydrogen-bond donors (Lipinski definition) is 4. The summed E-state index contributed by atoms with van der Waals surface area (Å²) in [6.07, 6.45) is 4.27. The molecule has 24 heavy (non-hydrogen) atoms. The molecule has 8 heteroatoms. The number of rotatable bonds is 4. The Labute approximate surface area is 144 Å². The third kappa shape index (κ3) is 5.47. The third-order valence-corrected chi connectivity index (χ3v) is 4.88. The maximum atomic E-state index is 11.3. The number of hydrogen-bond acceptors (Lipinski definition) is 4. The van der Waals surface area contributed by atoms with Crippen molar-refractivity contribution in [1.82, 2.24) is 5.32 Å². The third-order valence-electron chi connectivity index (χ3n) is 3.95. The molecule has 6 N–H and O–H groups in total. The fourth-order valence-corrected chi connectivity index (χ4v) is 3.23. The van der Waals surface area contributed by atoms with Gasteiger partial charge in [0.05, 0.1) is 10.9 Å². The Morgan fingerprint density at radius 1 is 1.21 bits per heavy atom. The largest absolute Gasteiger partial charge is 0.354 e. The Balaban J connectivity index is 2.16. The quantitative estimate of drug-likeness (QED) is 0.481. The normalized spacial score (nSPS) is 22.5. The predicted octanol–water partition coefficient (Wildman–Crippen LogP) is 1.37. The van der Waals surface area contributed by atoms with Crippen molar-refractivity contribution in [3.05, 3.63) is 24.3 Å². The van der Waals surface area contributed by atoms with Crippen LogP contribution in [0.3, 0.4) is 0 Å². The second kappa shape index (κ2) is 7.96. The second-order valence-electron chi connectivity index (χ2n) is 6.49. The van der Waals surface area contributed by atoms with Crippen molar-refractivity contribution >= 4 is 21.7 Å². The first-order valence-corrected chi connectivity index (χ1v) is 9.80. The molecule has 0 spiro atoms. The first-order valence-electron chi connectivity index (χ1n) is 8.25. The van der Waals surface area contributed by atoms with Crippen LogP contribution in [0.5, 0.6) is 0 Å². The molecule has 1 saturated carbocycles. The van der Waals surface area contributed by atoms with Crippen molar-refractivity contribution in [3.63, 3.8) is 0 Å². The summed E-state index contributed by atoms with van der Waals surface area (Å²) in [5.41, 5.74) is 6.91. The highest BCUT2D eigenvalue weighted by Crippen LogP contribution is 2.20. The summed E-state index contributed by atoms with van der Waals surface area (Å²) in [6, 6.07) is 6.65. The van der Waals surface area contributed by atoms with Gasteiger partial charge in [0.1, 0.15) is 0 Å². The molecule has 1 aromatic rings. The number of nitrogens with one attached hydrogen (secondary N) is 2. The van der Waals surface area contributed by atoms with E-state index in [1.165, 1.54) is 12.1 Å². The van der Waals surface area contributed by atoms with Crippen molar-refractivity contribution < 1.29 is 8.42 Å². The minimum absolute atomic E-state index is 0.0780. The minimum atomic E-state index is -3.69. The van der Waals surface area contributed by atoms with Gasteiger partial charge >= 0.3 is 0 Å². The number of nitrogens with two attached hydrogens (primary N) is 2. The van der Waals surface area contributed by atoms with Crippen LogP contribution in [0.15, 0.2) is 34.2 Å². The van der Waals surface area contributed by atoms with E-state index >= 15 is 0 Å². The summed E-state index contributed by atoms with van der Waals surface area (Å²) in [6.45, 7) is 4.06. The minimum Gasteiger partial charge on any atom is -0.354 e. The van der Waals surface area contributed by atoms with Gasteiger partial charge in [-0.05, 0) is 51.0 Å². The summed E-state index contributed by atoms with van der Waals surface area (Å²) in [7, 11) is -3.69. The average Bonchev–Trinajstić information content (AvgIpc) is 2.48. The molecular weight excluding hydrogens is 326 g/mol. The Morgan fingerprint density at radius 3 is 2.38 bits per heavy atom.